The van der Waals surface area contributed by atoms with Crippen molar-refractivity contribution in [1.29, 1.82) is 0 Å². The molecular formula is C44H34Cl2FN5O5. The average molecular weight is 803 g/mol. The van der Waals surface area contributed by atoms with Gasteiger partial charge in [0.1, 0.15) is 11.6 Å². The van der Waals surface area contributed by atoms with Crippen LogP contribution in [0.4, 0.5) is 32.8 Å². The van der Waals surface area contributed by atoms with E-state index in [4.69, 9.17) is 23.2 Å². The highest BCUT2D eigenvalue weighted by molar-refractivity contribution is 6.58. The van der Waals surface area contributed by atoms with Gasteiger partial charge in [0.05, 0.1) is 34.6 Å². The number of aromatic hydroxyl groups is 1. The van der Waals surface area contributed by atoms with Crippen LogP contribution in [0.2, 0.25) is 0 Å². The lowest BCUT2D eigenvalue weighted by molar-refractivity contribution is -0.125. The molecule has 2 aliphatic heterocycles. The second-order valence-corrected chi connectivity index (χ2v) is 16.4. The summed E-state index contributed by atoms with van der Waals surface area (Å²) in [5, 5.41) is 21.7. The van der Waals surface area contributed by atoms with Gasteiger partial charge in [0.2, 0.25) is 11.8 Å². The van der Waals surface area contributed by atoms with Crippen molar-refractivity contribution in [1.82, 2.24) is 0 Å². The van der Waals surface area contributed by atoms with E-state index in [2.05, 4.69) is 10.2 Å². The maximum absolute atomic E-state index is 14.7. The predicted molar refractivity (Wildman–Crippen MR) is 216 cm³/mol. The van der Waals surface area contributed by atoms with Gasteiger partial charge in [0.15, 0.2) is 9.75 Å². The largest absolute Gasteiger partial charge is 0.507 e. The Hall–Kier alpha value is -5.91. The molecule has 0 spiro atoms. The van der Waals surface area contributed by atoms with Gasteiger partial charge in [0.25, 0.3) is 11.8 Å². The van der Waals surface area contributed by atoms with Crippen molar-refractivity contribution < 1.29 is 28.7 Å². The first-order valence-electron chi connectivity index (χ1n) is 18.4. The second kappa shape index (κ2) is 13.3. The summed E-state index contributed by atoms with van der Waals surface area (Å²) in [4.78, 5) is 57.8. The molecule has 0 bridgehead atoms. The summed E-state index contributed by atoms with van der Waals surface area (Å²) >= 11 is 15.0. The molecule has 57 heavy (non-hydrogen) atoms. The number of carbonyl (C=O) groups is 4. The molecule has 2 saturated heterocycles. The number of rotatable bonds is 6. The Labute approximate surface area is 336 Å². The Morgan fingerprint density at radius 1 is 0.737 bits per heavy atom. The molecule has 5 aromatic carbocycles. The summed E-state index contributed by atoms with van der Waals surface area (Å²) in [6.45, 7) is 0. The number of phenols is 1. The number of azo groups is 1. The summed E-state index contributed by atoms with van der Waals surface area (Å²) in [6, 6.07) is 29.6. The second-order valence-electron chi connectivity index (χ2n) is 15.1. The third-order valence-corrected chi connectivity index (χ3v) is 13.3. The van der Waals surface area contributed by atoms with Crippen LogP contribution in [-0.2, 0) is 19.2 Å². The van der Waals surface area contributed by atoms with E-state index in [-0.39, 0.29) is 29.8 Å². The molecule has 6 atom stereocenters. The smallest absolute Gasteiger partial charge is 0.258 e. The van der Waals surface area contributed by atoms with Crippen LogP contribution in [0.3, 0.4) is 0 Å². The van der Waals surface area contributed by atoms with Crippen molar-refractivity contribution in [3.05, 3.63) is 132 Å². The third kappa shape index (κ3) is 5.43. The number of nitrogens with zero attached hydrogens (tertiary/aromatic N) is 5. The zero-order valence-electron chi connectivity index (χ0n) is 30.6. The molecule has 5 aromatic rings. The number of fused-ring (bicyclic) bond motifs is 5. The molecule has 0 radical (unpaired) electrons. The monoisotopic (exact) mass is 801 g/mol. The number of amides is 4. The molecule has 286 valence electrons. The van der Waals surface area contributed by atoms with E-state index in [1.54, 1.807) is 48.5 Å². The van der Waals surface area contributed by atoms with Crippen LogP contribution in [0.15, 0.2) is 131 Å². The first-order chi connectivity index (χ1) is 27.3. The van der Waals surface area contributed by atoms with E-state index in [9.17, 15) is 28.7 Å². The van der Waals surface area contributed by atoms with Gasteiger partial charge < -0.3 is 10.0 Å². The molecule has 13 heteroatoms. The fourth-order valence-electron chi connectivity index (χ4n) is 9.10. The number of carbonyl (C=O) groups excluding carboxylic acids is 4. The molecule has 0 aromatic heterocycles. The van der Waals surface area contributed by atoms with Crippen LogP contribution >= 0.6 is 23.2 Å². The molecule has 2 heterocycles. The highest BCUT2D eigenvalue weighted by atomic mass is 35.5. The Morgan fingerprint density at radius 2 is 1.35 bits per heavy atom. The minimum atomic E-state index is -2.18. The average Bonchev–Trinajstić information content (AvgIpc) is 3.55. The fourth-order valence-corrected chi connectivity index (χ4v) is 10.0. The highest BCUT2D eigenvalue weighted by Gasteiger charge is 2.77. The van der Waals surface area contributed by atoms with Gasteiger partial charge in [-0.2, -0.15) is 10.2 Å². The van der Waals surface area contributed by atoms with Gasteiger partial charge >= 0.3 is 0 Å². The number of alkyl halides is 2. The number of imide groups is 2. The molecule has 4 amide bonds. The number of anilines is 3. The summed E-state index contributed by atoms with van der Waals surface area (Å²) in [5.74, 6) is -7.04. The number of phenolic OH excluding ortho intramolecular Hbond substituents is 1. The number of halogens is 3. The van der Waals surface area contributed by atoms with Crippen LogP contribution in [0, 0.1) is 23.6 Å². The van der Waals surface area contributed by atoms with E-state index in [1.165, 1.54) is 12.1 Å². The minimum absolute atomic E-state index is 0.0701. The van der Waals surface area contributed by atoms with Gasteiger partial charge in [-0.25, -0.2) is 9.29 Å². The molecule has 0 unspecified atom stereocenters. The van der Waals surface area contributed by atoms with Crippen molar-refractivity contribution in [3.63, 3.8) is 0 Å². The summed E-state index contributed by atoms with van der Waals surface area (Å²) in [7, 11) is 3.90. The first-order valence-corrected chi connectivity index (χ1v) is 19.2. The standard InChI is InChI=1S/C44H34Cl2FN5O5/c1-50(2)28-16-10-26(11-17-28)48-49-27-12-18-29(19-13-27)51-39(54)33-22-21-32-35(36(33)40(51)55)23-43(45)41(56)52(30-14-8-25(47)9-15-30)42(57)44(43,46)37(32)34-20-7-24-5-3-4-6-31(24)38(34)53/h3-21,33,35-37,53H,22-23H2,1-2H3/t33-,35+,36-,37+,43+,44-/m0/s1. The predicted octanol–water partition coefficient (Wildman–Crippen LogP) is 8.93. The van der Waals surface area contributed by atoms with Crippen LogP contribution in [-0.4, -0.2) is 52.6 Å². The molecule has 3 fully saturated rings. The van der Waals surface area contributed by atoms with Gasteiger partial charge in [-0.3, -0.25) is 24.1 Å². The lowest BCUT2D eigenvalue weighted by atomic mass is 9.56. The maximum atomic E-state index is 14.7. The van der Waals surface area contributed by atoms with Crippen LogP contribution in [0.1, 0.15) is 24.3 Å². The number of benzene rings is 5. The SMILES string of the molecule is CN(C)c1ccc(N=Nc2ccc(N3C(=O)[C@H]4[C@H](CC=C5[C@H]4C[C@@]4(Cl)C(=O)N(c6ccc(F)cc6)C(=O)[C@@]4(Cl)[C@H]5c4ccc5ccccc5c4O)C3=O)cc2)cc1. The number of allylic oxidation sites excluding steroid dienone is 2. The molecular weight excluding hydrogens is 768 g/mol. The molecule has 10 nitrogen and oxygen atoms in total. The zero-order chi connectivity index (χ0) is 40.0. The van der Waals surface area contributed by atoms with Crippen LogP contribution in [0.5, 0.6) is 5.75 Å². The Balaban J connectivity index is 1.10. The number of hydrogen-bond acceptors (Lipinski definition) is 8. The van der Waals surface area contributed by atoms with Crippen molar-refractivity contribution >= 4 is 86.0 Å². The molecule has 4 aliphatic rings. The molecule has 1 N–H and O–H groups in total. The number of hydrogen-bond donors (Lipinski definition) is 1. The van der Waals surface area contributed by atoms with Crippen LogP contribution in [0.25, 0.3) is 10.8 Å². The van der Waals surface area contributed by atoms with Crippen molar-refractivity contribution in [2.45, 2.75) is 28.5 Å². The summed E-state index contributed by atoms with van der Waals surface area (Å²) < 4.78 is 14.0. The van der Waals surface area contributed by atoms with Gasteiger partial charge in [0, 0.05) is 36.7 Å². The van der Waals surface area contributed by atoms with Gasteiger partial charge in [-0.15, -0.1) is 23.2 Å². The Morgan fingerprint density at radius 3 is 2.02 bits per heavy atom. The topological polar surface area (TPSA) is 123 Å². The first kappa shape index (κ1) is 36.7. The Bertz CT molecular complexity index is 2580. The fraction of sp³-hybridized carbons (Fsp3) is 0.227. The minimum Gasteiger partial charge on any atom is -0.507 e. The normalized spacial score (nSPS) is 26.9. The van der Waals surface area contributed by atoms with E-state index in [1.807, 2.05) is 61.5 Å². The highest BCUT2D eigenvalue weighted by Crippen LogP contribution is 2.66. The lowest BCUT2D eigenvalue weighted by Gasteiger charge is -2.50. The summed E-state index contributed by atoms with van der Waals surface area (Å²) in [5.41, 5.74) is 3.39. The zero-order valence-corrected chi connectivity index (χ0v) is 32.2. The lowest BCUT2D eigenvalue weighted by Crippen LogP contribution is -2.60. The van der Waals surface area contributed by atoms with Crippen molar-refractivity contribution in [3.8, 4) is 5.75 Å². The van der Waals surface area contributed by atoms with E-state index in [0.29, 0.717) is 28.0 Å². The van der Waals surface area contributed by atoms with Crippen LogP contribution < -0.4 is 14.7 Å². The maximum Gasteiger partial charge on any atom is 0.258 e. The van der Waals surface area contributed by atoms with Gasteiger partial charge in [-0.1, -0.05) is 48.0 Å². The van der Waals surface area contributed by atoms with Crippen molar-refractivity contribution in [2.75, 3.05) is 28.8 Å². The van der Waals surface area contributed by atoms with Crippen molar-refractivity contribution in [2.24, 2.45) is 28.0 Å². The summed E-state index contributed by atoms with van der Waals surface area (Å²) in [6.07, 6.45) is 1.71. The molecule has 1 saturated carbocycles. The molecule has 2 aliphatic carbocycles. The van der Waals surface area contributed by atoms with Gasteiger partial charge in [-0.05, 0) is 96.9 Å². The van der Waals surface area contributed by atoms with E-state index >= 15 is 0 Å². The third-order valence-electron chi connectivity index (χ3n) is 11.9. The van der Waals surface area contributed by atoms with E-state index < -0.39 is 62.9 Å². The Kier molecular flexibility index (Phi) is 8.60. The van der Waals surface area contributed by atoms with E-state index in [0.717, 1.165) is 33.0 Å². The quantitative estimate of drug-likeness (QED) is 0.0792. The molecule has 9 rings (SSSR count).